The van der Waals surface area contributed by atoms with Crippen molar-refractivity contribution in [3.05, 3.63) is 76.4 Å². The highest BCUT2D eigenvalue weighted by Gasteiger charge is 2.37. The number of sulfonamides is 1. The highest BCUT2D eigenvalue weighted by atomic mass is 32.2. The molecule has 0 bridgehead atoms. The molecule has 2 aromatic carbocycles. The number of piperazine rings is 1. The van der Waals surface area contributed by atoms with Crippen molar-refractivity contribution < 1.29 is 22.1 Å². The van der Waals surface area contributed by atoms with Crippen molar-refractivity contribution in [1.82, 2.24) is 14.4 Å². The number of carbonyl (C=O) groups is 1. The number of amides is 1. The van der Waals surface area contributed by atoms with E-state index in [0.717, 1.165) is 13.1 Å². The molecular weight excluding hydrogens is 531 g/mol. The van der Waals surface area contributed by atoms with Crippen LogP contribution in [0.5, 0.6) is 0 Å². The van der Waals surface area contributed by atoms with Crippen molar-refractivity contribution in [2.45, 2.75) is 38.5 Å². The smallest absolute Gasteiger partial charge is 0.248 e. The molecule has 8 nitrogen and oxygen atoms in total. The lowest BCUT2D eigenvalue weighted by molar-refractivity contribution is -0.137. The van der Waals surface area contributed by atoms with Crippen molar-refractivity contribution in [1.29, 1.82) is 0 Å². The van der Waals surface area contributed by atoms with Gasteiger partial charge in [-0.3, -0.25) is 4.79 Å². The molecular formula is C30H35FN4O4S. The molecule has 40 heavy (non-hydrogen) atoms. The summed E-state index contributed by atoms with van der Waals surface area (Å²) in [6.45, 7) is 9.16. The van der Waals surface area contributed by atoms with Gasteiger partial charge in [-0.25, -0.2) is 12.8 Å². The summed E-state index contributed by atoms with van der Waals surface area (Å²) in [5.41, 5.74) is 4.30. The first-order chi connectivity index (χ1) is 19.2. The van der Waals surface area contributed by atoms with E-state index in [1.165, 1.54) is 39.3 Å². The Hall–Kier alpha value is -3.50. The third-order valence-electron chi connectivity index (χ3n) is 8.06. The van der Waals surface area contributed by atoms with Gasteiger partial charge in [0.25, 0.3) is 0 Å². The van der Waals surface area contributed by atoms with Crippen LogP contribution in [0.3, 0.4) is 0 Å². The number of rotatable bonds is 6. The Balaban J connectivity index is 1.21. The van der Waals surface area contributed by atoms with E-state index in [4.69, 9.17) is 4.52 Å². The zero-order valence-corrected chi connectivity index (χ0v) is 24.0. The molecule has 0 atom stereocenters. The van der Waals surface area contributed by atoms with Crippen LogP contribution in [0.25, 0.3) is 12.2 Å². The molecule has 1 amide bonds. The normalized spacial score (nSPS) is 17.6. The number of hydrogen-bond acceptors (Lipinski definition) is 6. The van der Waals surface area contributed by atoms with Crippen LogP contribution >= 0.6 is 0 Å². The van der Waals surface area contributed by atoms with Crippen LogP contribution < -0.4 is 4.90 Å². The average Bonchev–Trinajstić information content (AvgIpc) is 3.35. The van der Waals surface area contributed by atoms with E-state index in [9.17, 15) is 17.6 Å². The molecule has 0 radical (unpaired) electrons. The van der Waals surface area contributed by atoms with Gasteiger partial charge in [-0.2, -0.15) is 4.31 Å². The fourth-order valence-corrected chi connectivity index (χ4v) is 7.27. The number of halogens is 1. The van der Waals surface area contributed by atoms with E-state index < -0.39 is 15.8 Å². The van der Waals surface area contributed by atoms with Gasteiger partial charge < -0.3 is 14.3 Å². The predicted molar refractivity (Wildman–Crippen MR) is 153 cm³/mol. The first kappa shape index (κ1) is 28.0. The minimum Gasteiger partial charge on any atom is -0.368 e. The predicted octanol–water partition coefficient (Wildman–Crippen LogP) is 4.66. The highest BCUT2D eigenvalue weighted by Crippen LogP contribution is 2.31. The summed E-state index contributed by atoms with van der Waals surface area (Å²) in [6.07, 6.45) is 3.82. The molecule has 10 heteroatoms. The van der Waals surface area contributed by atoms with Gasteiger partial charge >= 0.3 is 0 Å². The molecule has 0 unspecified atom stereocenters. The number of benzene rings is 2. The van der Waals surface area contributed by atoms with Crippen LogP contribution in [0.15, 0.2) is 51.9 Å². The van der Waals surface area contributed by atoms with Crippen LogP contribution in [-0.2, 0) is 14.8 Å². The molecule has 3 heterocycles. The van der Waals surface area contributed by atoms with E-state index in [1.807, 2.05) is 4.90 Å². The summed E-state index contributed by atoms with van der Waals surface area (Å²) in [5, 5.41) is 3.86. The fraction of sp³-hybridized carbons (Fsp3) is 0.400. The second kappa shape index (κ2) is 11.5. The monoisotopic (exact) mass is 566 g/mol. The second-order valence-electron chi connectivity index (χ2n) is 10.5. The van der Waals surface area contributed by atoms with Gasteiger partial charge in [0.05, 0.1) is 0 Å². The molecule has 3 aromatic rings. The Morgan fingerprint density at radius 3 is 2.35 bits per heavy atom. The van der Waals surface area contributed by atoms with E-state index in [2.05, 4.69) is 42.1 Å². The molecule has 2 fully saturated rings. The fourth-order valence-electron chi connectivity index (χ4n) is 5.55. The average molecular weight is 567 g/mol. The molecule has 0 spiro atoms. The van der Waals surface area contributed by atoms with Gasteiger partial charge in [0.1, 0.15) is 11.5 Å². The second-order valence-corrected chi connectivity index (χ2v) is 12.4. The van der Waals surface area contributed by atoms with Gasteiger partial charge in [-0.1, -0.05) is 35.5 Å². The van der Waals surface area contributed by atoms with E-state index in [0.29, 0.717) is 31.5 Å². The van der Waals surface area contributed by atoms with Gasteiger partial charge in [-0.05, 0) is 69.0 Å². The maximum Gasteiger partial charge on any atom is 0.248 e. The van der Waals surface area contributed by atoms with Crippen molar-refractivity contribution in [3.63, 3.8) is 0 Å². The van der Waals surface area contributed by atoms with Crippen LogP contribution in [0, 0.1) is 32.5 Å². The minimum absolute atomic E-state index is 0.0209. The standard InChI is InChI=1S/C30H35FN4O4S/c1-21-7-6-10-27(22(21)2)33-17-19-34(20-18-33)30(36)25-13-15-35(16-14-25)40(37,38)29-23(3)32-39-28(29)12-11-24-8-4-5-9-26(24)31/h4-12,25H,13-20H2,1-3H3/b12-11+. The summed E-state index contributed by atoms with van der Waals surface area (Å²) in [6, 6.07) is 12.5. The first-order valence-corrected chi connectivity index (χ1v) is 15.1. The van der Waals surface area contributed by atoms with Crippen molar-refractivity contribution in [3.8, 4) is 0 Å². The summed E-state index contributed by atoms with van der Waals surface area (Å²) in [4.78, 5) is 17.6. The van der Waals surface area contributed by atoms with Gasteiger partial charge in [-0.15, -0.1) is 0 Å². The van der Waals surface area contributed by atoms with Crippen LogP contribution in [-0.4, -0.2) is 68.0 Å². The van der Waals surface area contributed by atoms with Gasteiger partial charge in [0, 0.05) is 56.4 Å². The largest absolute Gasteiger partial charge is 0.368 e. The van der Waals surface area contributed by atoms with Crippen molar-refractivity contribution in [2.75, 3.05) is 44.2 Å². The Labute approximate surface area is 235 Å². The zero-order chi connectivity index (χ0) is 28.4. The molecule has 2 aliphatic heterocycles. The molecule has 5 rings (SSSR count). The molecule has 0 aliphatic carbocycles. The topological polar surface area (TPSA) is 87.0 Å². The number of aryl methyl sites for hydroxylation is 2. The van der Waals surface area contributed by atoms with Crippen LogP contribution in [0.2, 0.25) is 0 Å². The summed E-state index contributed by atoms with van der Waals surface area (Å²) in [5.74, 6) is -0.464. The van der Waals surface area contributed by atoms with Gasteiger partial charge in [0.15, 0.2) is 10.7 Å². The van der Waals surface area contributed by atoms with Gasteiger partial charge in [0.2, 0.25) is 15.9 Å². The SMILES string of the molecule is Cc1cccc(N2CCN(C(=O)C3CCN(S(=O)(=O)c4c(C)noc4/C=C/c4ccccc4F)CC3)CC2)c1C. The number of carbonyl (C=O) groups excluding carboxylic acids is 1. The highest BCUT2D eigenvalue weighted by molar-refractivity contribution is 7.89. The Kier molecular flexibility index (Phi) is 8.09. The number of hydrogen-bond donors (Lipinski definition) is 0. The quantitative estimate of drug-likeness (QED) is 0.432. The Morgan fingerprint density at radius 1 is 0.950 bits per heavy atom. The maximum atomic E-state index is 14.0. The third-order valence-corrected chi connectivity index (χ3v) is 10.1. The minimum atomic E-state index is -3.91. The maximum absolute atomic E-state index is 14.0. The lowest BCUT2D eigenvalue weighted by Gasteiger charge is -2.39. The summed E-state index contributed by atoms with van der Waals surface area (Å²) in [7, 11) is -3.91. The summed E-state index contributed by atoms with van der Waals surface area (Å²) >= 11 is 0. The lowest BCUT2D eigenvalue weighted by atomic mass is 9.96. The van der Waals surface area contributed by atoms with E-state index >= 15 is 0 Å². The molecule has 0 saturated carbocycles. The lowest BCUT2D eigenvalue weighted by Crippen LogP contribution is -2.52. The van der Waals surface area contributed by atoms with Crippen molar-refractivity contribution in [2.24, 2.45) is 5.92 Å². The van der Waals surface area contributed by atoms with Crippen LogP contribution in [0.1, 0.15) is 41.0 Å². The molecule has 212 valence electrons. The zero-order valence-electron chi connectivity index (χ0n) is 23.1. The molecule has 2 saturated heterocycles. The van der Waals surface area contributed by atoms with E-state index in [-0.39, 0.29) is 41.3 Å². The molecule has 0 N–H and O–H groups in total. The molecule has 1 aromatic heterocycles. The number of aromatic nitrogens is 1. The number of anilines is 1. The third kappa shape index (κ3) is 5.55. The Morgan fingerprint density at radius 2 is 1.65 bits per heavy atom. The van der Waals surface area contributed by atoms with E-state index in [1.54, 1.807) is 25.1 Å². The summed E-state index contributed by atoms with van der Waals surface area (Å²) < 4.78 is 47.9. The number of piperidine rings is 1. The first-order valence-electron chi connectivity index (χ1n) is 13.7. The van der Waals surface area contributed by atoms with Crippen LogP contribution in [0.4, 0.5) is 10.1 Å². The Bertz CT molecular complexity index is 1520. The number of nitrogens with zero attached hydrogens (tertiary/aromatic N) is 4. The van der Waals surface area contributed by atoms with Crippen molar-refractivity contribution >= 4 is 33.8 Å². The molecule has 2 aliphatic rings.